The van der Waals surface area contributed by atoms with Gasteiger partial charge in [0.25, 0.3) is 0 Å². The minimum Gasteiger partial charge on any atom is -0.292 e. The van der Waals surface area contributed by atoms with Crippen LogP contribution in [0, 0.1) is 24.1 Å². The zero-order valence-corrected chi connectivity index (χ0v) is 13.4. The molecule has 106 valence electrons. The lowest BCUT2D eigenvalue weighted by Gasteiger charge is -2.13. The molecule has 0 radical (unpaired) electrons. The number of carbonyl (C=O) groups excluding carboxylic acids is 1. The molecule has 2 nitrogen and oxygen atoms in total. The molecule has 2 aromatic rings. The van der Waals surface area contributed by atoms with E-state index in [4.69, 9.17) is 11.6 Å². The van der Waals surface area contributed by atoms with E-state index in [-0.39, 0.29) is 10.6 Å². The summed E-state index contributed by atoms with van der Waals surface area (Å²) in [6.07, 6.45) is 0. The molecule has 21 heavy (non-hydrogen) atoms. The molecule has 0 fully saturated rings. The fourth-order valence-electron chi connectivity index (χ4n) is 2.10. The van der Waals surface area contributed by atoms with Gasteiger partial charge in [-0.15, -0.1) is 0 Å². The Bertz CT molecular complexity index is 734. The van der Waals surface area contributed by atoms with Gasteiger partial charge in [-0.3, -0.25) is 4.79 Å². The number of benzene rings is 2. The molecule has 0 spiro atoms. The molecular weight excluding hydrogens is 357 g/mol. The van der Waals surface area contributed by atoms with Crippen LogP contribution in [-0.4, -0.2) is 5.78 Å². The minimum atomic E-state index is -1.27. The summed E-state index contributed by atoms with van der Waals surface area (Å²) in [6.45, 7) is 1.76. The van der Waals surface area contributed by atoms with Crippen molar-refractivity contribution in [2.45, 2.75) is 12.8 Å². The van der Waals surface area contributed by atoms with E-state index in [1.165, 1.54) is 18.2 Å². The summed E-state index contributed by atoms with van der Waals surface area (Å²) in [7, 11) is 0. The number of hydrogen-bond acceptors (Lipinski definition) is 2. The maximum Gasteiger partial charge on any atom is 0.184 e. The third kappa shape index (κ3) is 3.15. The van der Waals surface area contributed by atoms with Crippen molar-refractivity contribution < 1.29 is 9.18 Å². The van der Waals surface area contributed by atoms with Crippen LogP contribution in [-0.2, 0) is 0 Å². The van der Waals surface area contributed by atoms with Gasteiger partial charge in [0.15, 0.2) is 5.78 Å². The van der Waals surface area contributed by atoms with Crippen LogP contribution in [0.25, 0.3) is 0 Å². The third-order valence-corrected chi connectivity index (χ3v) is 3.96. The van der Waals surface area contributed by atoms with Crippen LogP contribution in [0.2, 0.25) is 5.02 Å². The first-order chi connectivity index (χ1) is 9.95. The van der Waals surface area contributed by atoms with Gasteiger partial charge in [0, 0.05) is 20.6 Å². The maximum atomic E-state index is 13.9. The van der Waals surface area contributed by atoms with Crippen LogP contribution in [0.1, 0.15) is 27.4 Å². The highest BCUT2D eigenvalue weighted by molar-refractivity contribution is 9.10. The van der Waals surface area contributed by atoms with Crippen molar-refractivity contribution >= 4 is 33.3 Å². The topological polar surface area (TPSA) is 40.9 Å². The fourth-order valence-corrected chi connectivity index (χ4v) is 2.85. The van der Waals surface area contributed by atoms with Crippen LogP contribution < -0.4 is 0 Å². The Kier molecular flexibility index (Phi) is 4.76. The van der Waals surface area contributed by atoms with E-state index in [2.05, 4.69) is 15.9 Å². The number of aryl methyl sites for hydroxylation is 1. The number of ketones is 1. The molecule has 2 rings (SSSR count). The number of Topliss-reactive ketones (excluding diaryl/α,β-unsaturated/α-hetero) is 1. The fraction of sp³-hybridized carbons (Fsp3) is 0.125. The van der Waals surface area contributed by atoms with Gasteiger partial charge in [-0.25, -0.2) is 4.39 Å². The Balaban J connectivity index is 2.52. The molecule has 0 N–H and O–H groups in total. The molecule has 0 aliphatic rings. The van der Waals surface area contributed by atoms with Crippen LogP contribution >= 0.6 is 27.5 Å². The van der Waals surface area contributed by atoms with Crippen molar-refractivity contribution in [1.82, 2.24) is 0 Å². The zero-order chi connectivity index (χ0) is 15.6. The van der Waals surface area contributed by atoms with E-state index in [1.54, 1.807) is 25.1 Å². The lowest BCUT2D eigenvalue weighted by molar-refractivity contribution is 0.0977. The second kappa shape index (κ2) is 6.38. The molecule has 0 amide bonds. The third-order valence-electron chi connectivity index (χ3n) is 3.13. The monoisotopic (exact) mass is 365 g/mol. The molecule has 5 heteroatoms. The van der Waals surface area contributed by atoms with E-state index in [1.807, 2.05) is 6.07 Å². The van der Waals surface area contributed by atoms with Gasteiger partial charge in [0.05, 0.1) is 6.07 Å². The van der Waals surface area contributed by atoms with Crippen LogP contribution in [0.5, 0.6) is 0 Å². The number of nitriles is 1. The van der Waals surface area contributed by atoms with Crippen molar-refractivity contribution in [2.75, 3.05) is 0 Å². The Hall–Kier alpha value is -1.70. The Labute approximate surface area is 135 Å². The Morgan fingerprint density at radius 2 is 2.10 bits per heavy atom. The highest BCUT2D eigenvalue weighted by atomic mass is 79.9. The van der Waals surface area contributed by atoms with E-state index in [0.717, 1.165) is 4.47 Å². The molecule has 1 unspecified atom stereocenters. The summed E-state index contributed by atoms with van der Waals surface area (Å²) in [5, 5.41) is 9.37. The first-order valence-electron chi connectivity index (χ1n) is 6.09. The summed E-state index contributed by atoms with van der Waals surface area (Å²) in [5.41, 5.74) is 1.01. The second-order valence-electron chi connectivity index (χ2n) is 4.52. The van der Waals surface area contributed by atoms with Crippen molar-refractivity contribution in [2.24, 2.45) is 0 Å². The van der Waals surface area contributed by atoms with Gasteiger partial charge < -0.3 is 0 Å². The molecule has 2 aromatic carbocycles. The van der Waals surface area contributed by atoms with Gasteiger partial charge >= 0.3 is 0 Å². The van der Waals surface area contributed by atoms with E-state index < -0.39 is 17.5 Å². The predicted molar refractivity (Wildman–Crippen MR) is 83.0 cm³/mol. The van der Waals surface area contributed by atoms with Crippen molar-refractivity contribution in [1.29, 1.82) is 5.26 Å². The molecule has 0 saturated heterocycles. The SMILES string of the molecule is Cc1cc(Br)ccc1C(=O)C(C#N)c1c(F)cccc1Cl. The van der Waals surface area contributed by atoms with Gasteiger partial charge in [-0.05, 0) is 42.8 Å². The molecule has 0 aliphatic carbocycles. The summed E-state index contributed by atoms with van der Waals surface area (Å²) >= 11 is 9.26. The first kappa shape index (κ1) is 15.7. The van der Waals surface area contributed by atoms with E-state index in [0.29, 0.717) is 11.1 Å². The zero-order valence-electron chi connectivity index (χ0n) is 11.0. The van der Waals surface area contributed by atoms with Gasteiger partial charge in [0.1, 0.15) is 11.7 Å². The molecule has 0 bridgehead atoms. The van der Waals surface area contributed by atoms with Gasteiger partial charge in [0.2, 0.25) is 0 Å². The number of rotatable bonds is 3. The Morgan fingerprint density at radius 1 is 1.38 bits per heavy atom. The second-order valence-corrected chi connectivity index (χ2v) is 5.84. The van der Waals surface area contributed by atoms with Crippen LogP contribution in [0.3, 0.4) is 0 Å². The summed E-state index contributed by atoms with van der Waals surface area (Å²) in [6, 6.07) is 11.0. The molecule has 0 aromatic heterocycles. The molecule has 0 heterocycles. The molecule has 1 atom stereocenters. The summed E-state index contributed by atoms with van der Waals surface area (Å²) in [4.78, 5) is 12.5. The first-order valence-corrected chi connectivity index (χ1v) is 7.26. The number of halogens is 3. The molecular formula is C16H10BrClFNO. The number of hydrogen-bond donors (Lipinski definition) is 0. The van der Waals surface area contributed by atoms with Crippen LogP contribution in [0.15, 0.2) is 40.9 Å². The normalized spacial score (nSPS) is 11.8. The number of carbonyl (C=O) groups is 1. The Morgan fingerprint density at radius 3 is 2.67 bits per heavy atom. The minimum absolute atomic E-state index is 0.0738. The highest BCUT2D eigenvalue weighted by Gasteiger charge is 2.27. The lowest BCUT2D eigenvalue weighted by Crippen LogP contribution is -2.14. The maximum absolute atomic E-state index is 13.9. The number of nitrogens with zero attached hydrogens (tertiary/aromatic N) is 1. The standard InChI is InChI=1S/C16H10BrClFNO/c1-9-7-10(17)5-6-11(9)16(21)12(8-20)15-13(18)3-2-4-14(15)19/h2-7,12H,1H3. The van der Waals surface area contributed by atoms with E-state index in [9.17, 15) is 14.4 Å². The predicted octanol–water partition coefficient (Wildman–Crippen LogP) is 5.04. The van der Waals surface area contributed by atoms with Gasteiger partial charge in [-0.2, -0.15) is 5.26 Å². The molecule has 0 saturated carbocycles. The quantitative estimate of drug-likeness (QED) is 0.714. The van der Waals surface area contributed by atoms with Crippen LogP contribution in [0.4, 0.5) is 4.39 Å². The lowest BCUT2D eigenvalue weighted by atomic mass is 9.89. The summed E-state index contributed by atoms with van der Waals surface area (Å²) < 4.78 is 14.8. The van der Waals surface area contributed by atoms with Gasteiger partial charge in [-0.1, -0.05) is 33.6 Å². The smallest absolute Gasteiger partial charge is 0.184 e. The highest BCUT2D eigenvalue weighted by Crippen LogP contribution is 2.30. The molecule has 0 aliphatic heterocycles. The van der Waals surface area contributed by atoms with Crippen molar-refractivity contribution in [3.05, 3.63) is 68.4 Å². The largest absolute Gasteiger partial charge is 0.292 e. The summed E-state index contributed by atoms with van der Waals surface area (Å²) in [5.74, 6) is -2.38. The van der Waals surface area contributed by atoms with Crippen molar-refractivity contribution in [3.63, 3.8) is 0 Å². The average molecular weight is 367 g/mol. The van der Waals surface area contributed by atoms with E-state index >= 15 is 0 Å². The van der Waals surface area contributed by atoms with Crippen molar-refractivity contribution in [3.8, 4) is 6.07 Å². The average Bonchev–Trinajstić information content (AvgIpc) is 2.42.